The standard InChI is InChI=1S/C16H19NO3/c1-11(2)8-9-16(17-20-3)13-7-5-4-6-12(13)14(18)10-15(16)19/h4-8,10,17,19H,9H2,1-3H3. The fourth-order valence-corrected chi connectivity index (χ4v) is 2.43. The zero-order valence-corrected chi connectivity index (χ0v) is 11.9. The van der Waals surface area contributed by atoms with Crippen molar-refractivity contribution >= 4 is 5.78 Å². The monoisotopic (exact) mass is 273 g/mol. The van der Waals surface area contributed by atoms with Crippen molar-refractivity contribution in [3.63, 3.8) is 0 Å². The molecule has 0 spiro atoms. The number of carbonyl (C=O) groups is 1. The maximum atomic E-state index is 12.0. The zero-order valence-electron chi connectivity index (χ0n) is 11.9. The number of hydrogen-bond donors (Lipinski definition) is 2. The van der Waals surface area contributed by atoms with Crippen molar-refractivity contribution in [3.8, 4) is 0 Å². The van der Waals surface area contributed by atoms with Gasteiger partial charge in [0.05, 0.1) is 7.11 Å². The molecule has 0 fully saturated rings. The number of benzene rings is 1. The molecule has 0 saturated carbocycles. The van der Waals surface area contributed by atoms with Gasteiger partial charge in [0.25, 0.3) is 0 Å². The summed E-state index contributed by atoms with van der Waals surface area (Å²) in [5.74, 6) is -0.218. The van der Waals surface area contributed by atoms with E-state index in [1.807, 2.05) is 38.1 Å². The van der Waals surface area contributed by atoms with E-state index in [1.54, 1.807) is 6.07 Å². The second-order valence-electron chi connectivity index (χ2n) is 5.14. The predicted molar refractivity (Wildman–Crippen MR) is 77.4 cm³/mol. The van der Waals surface area contributed by atoms with Crippen LogP contribution < -0.4 is 5.48 Å². The van der Waals surface area contributed by atoms with Crippen molar-refractivity contribution in [2.45, 2.75) is 25.8 Å². The zero-order chi connectivity index (χ0) is 14.8. The van der Waals surface area contributed by atoms with Gasteiger partial charge in [0.15, 0.2) is 5.78 Å². The second kappa shape index (κ2) is 5.61. The molecule has 0 saturated heterocycles. The molecule has 0 aromatic heterocycles. The highest BCUT2D eigenvalue weighted by molar-refractivity contribution is 6.07. The molecule has 1 aromatic carbocycles. The summed E-state index contributed by atoms with van der Waals surface area (Å²) < 4.78 is 0. The first kappa shape index (κ1) is 14.5. The van der Waals surface area contributed by atoms with Gasteiger partial charge < -0.3 is 9.94 Å². The van der Waals surface area contributed by atoms with Gasteiger partial charge in [0.2, 0.25) is 0 Å². The van der Waals surface area contributed by atoms with E-state index >= 15 is 0 Å². The molecular weight excluding hydrogens is 254 g/mol. The average molecular weight is 273 g/mol. The fraction of sp³-hybridized carbons (Fsp3) is 0.312. The van der Waals surface area contributed by atoms with Crippen molar-refractivity contribution in [3.05, 3.63) is 58.9 Å². The van der Waals surface area contributed by atoms with E-state index in [9.17, 15) is 9.90 Å². The Kier molecular flexibility index (Phi) is 4.06. The Balaban J connectivity index is 2.61. The molecule has 0 bridgehead atoms. The first-order valence-electron chi connectivity index (χ1n) is 6.50. The van der Waals surface area contributed by atoms with E-state index in [2.05, 4.69) is 5.48 Å². The van der Waals surface area contributed by atoms with Gasteiger partial charge in [0.1, 0.15) is 11.3 Å². The number of hydroxylamine groups is 1. The lowest BCUT2D eigenvalue weighted by Gasteiger charge is -2.36. The number of carbonyl (C=O) groups excluding carboxylic acids is 1. The molecule has 4 nitrogen and oxygen atoms in total. The van der Waals surface area contributed by atoms with Crippen LogP contribution in [0.1, 0.15) is 36.2 Å². The number of aliphatic hydroxyl groups is 1. The first-order valence-corrected chi connectivity index (χ1v) is 6.50. The molecule has 1 unspecified atom stereocenters. The Morgan fingerprint density at radius 1 is 1.40 bits per heavy atom. The van der Waals surface area contributed by atoms with Gasteiger partial charge in [0, 0.05) is 11.6 Å². The molecule has 2 rings (SSSR count). The van der Waals surface area contributed by atoms with Crippen LogP contribution in [0.2, 0.25) is 0 Å². The predicted octanol–water partition coefficient (Wildman–Crippen LogP) is 3.03. The highest BCUT2D eigenvalue weighted by atomic mass is 16.6. The van der Waals surface area contributed by atoms with Crippen LogP contribution in [-0.4, -0.2) is 18.0 Å². The van der Waals surface area contributed by atoms with E-state index < -0.39 is 5.54 Å². The van der Waals surface area contributed by atoms with Crippen LogP contribution in [0, 0.1) is 0 Å². The number of aliphatic hydroxyl groups excluding tert-OH is 1. The number of allylic oxidation sites excluding steroid dienone is 2. The van der Waals surface area contributed by atoms with E-state index in [1.165, 1.54) is 13.2 Å². The molecule has 0 amide bonds. The summed E-state index contributed by atoms with van der Waals surface area (Å²) in [4.78, 5) is 17.1. The molecule has 1 atom stereocenters. The van der Waals surface area contributed by atoms with E-state index in [-0.39, 0.29) is 11.5 Å². The summed E-state index contributed by atoms with van der Waals surface area (Å²) in [6.45, 7) is 3.97. The van der Waals surface area contributed by atoms with Gasteiger partial charge in [-0.3, -0.25) is 4.79 Å². The normalized spacial score (nSPS) is 21.1. The number of ketones is 1. The van der Waals surface area contributed by atoms with Gasteiger partial charge >= 0.3 is 0 Å². The highest BCUT2D eigenvalue weighted by Gasteiger charge is 2.42. The minimum Gasteiger partial charge on any atom is -0.510 e. The molecule has 1 aliphatic rings. The Labute approximate surface area is 118 Å². The average Bonchev–Trinajstić information content (AvgIpc) is 2.42. The lowest BCUT2D eigenvalue weighted by molar-refractivity contribution is 0.00782. The van der Waals surface area contributed by atoms with Gasteiger partial charge in [-0.2, -0.15) is 5.48 Å². The van der Waals surface area contributed by atoms with Crippen molar-refractivity contribution in [1.82, 2.24) is 5.48 Å². The molecule has 0 aliphatic heterocycles. The minimum atomic E-state index is -0.920. The smallest absolute Gasteiger partial charge is 0.189 e. The SMILES string of the molecule is CONC1(CC=C(C)C)C(O)=CC(=O)c2ccccc21. The van der Waals surface area contributed by atoms with E-state index in [4.69, 9.17) is 4.84 Å². The van der Waals surface area contributed by atoms with Crippen LogP contribution in [0.3, 0.4) is 0 Å². The molecule has 1 aromatic rings. The lowest BCUT2D eigenvalue weighted by atomic mass is 9.77. The summed E-state index contributed by atoms with van der Waals surface area (Å²) >= 11 is 0. The third-order valence-electron chi connectivity index (χ3n) is 3.45. The molecule has 0 radical (unpaired) electrons. The lowest BCUT2D eigenvalue weighted by Crippen LogP contribution is -2.46. The number of fused-ring (bicyclic) bond motifs is 1. The quantitative estimate of drug-likeness (QED) is 0.654. The molecule has 106 valence electrons. The Hall–Kier alpha value is -1.91. The van der Waals surface area contributed by atoms with Crippen LogP contribution in [0.15, 0.2) is 47.7 Å². The van der Waals surface area contributed by atoms with Crippen LogP contribution in [-0.2, 0) is 10.4 Å². The Bertz CT molecular complexity index is 585. The number of rotatable bonds is 4. The van der Waals surface area contributed by atoms with Crippen LogP contribution in [0.25, 0.3) is 0 Å². The molecule has 0 heterocycles. The van der Waals surface area contributed by atoms with Gasteiger partial charge in [-0.15, -0.1) is 0 Å². The summed E-state index contributed by atoms with van der Waals surface area (Å²) in [5, 5.41) is 10.3. The number of nitrogens with one attached hydrogen (secondary N) is 1. The van der Waals surface area contributed by atoms with Crippen LogP contribution in [0.4, 0.5) is 0 Å². The molecule has 2 N–H and O–H groups in total. The highest BCUT2D eigenvalue weighted by Crippen LogP contribution is 2.38. The van der Waals surface area contributed by atoms with Gasteiger partial charge in [-0.25, -0.2) is 0 Å². The molecular formula is C16H19NO3. The van der Waals surface area contributed by atoms with Crippen molar-refractivity contribution in [1.29, 1.82) is 0 Å². The van der Waals surface area contributed by atoms with E-state index in [0.717, 1.165) is 11.1 Å². The maximum Gasteiger partial charge on any atom is 0.189 e. The van der Waals surface area contributed by atoms with Gasteiger partial charge in [-0.05, 0) is 25.8 Å². The summed E-state index contributed by atoms with van der Waals surface area (Å²) in [5.41, 5.74) is 4.38. The summed E-state index contributed by atoms with van der Waals surface area (Å²) in [6, 6.07) is 7.25. The third kappa shape index (κ3) is 2.40. The van der Waals surface area contributed by atoms with Crippen molar-refractivity contribution < 1.29 is 14.7 Å². The first-order chi connectivity index (χ1) is 9.51. The van der Waals surface area contributed by atoms with Crippen molar-refractivity contribution in [2.75, 3.05) is 7.11 Å². The van der Waals surface area contributed by atoms with Crippen molar-refractivity contribution in [2.24, 2.45) is 0 Å². The third-order valence-corrected chi connectivity index (χ3v) is 3.45. The van der Waals surface area contributed by atoms with Crippen LogP contribution >= 0.6 is 0 Å². The maximum absolute atomic E-state index is 12.0. The molecule has 1 aliphatic carbocycles. The Morgan fingerprint density at radius 3 is 2.75 bits per heavy atom. The van der Waals surface area contributed by atoms with Crippen LogP contribution in [0.5, 0.6) is 0 Å². The Morgan fingerprint density at radius 2 is 2.10 bits per heavy atom. The van der Waals surface area contributed by atoms with E-state index in [0.29, 0.717) is 12.0 Å². The molecule has 20 heavy (non-hydrogen) atoms. The summed E-state index contributed by atoms with van der Waals surface area (Å²) in [6.07, 6.45) is 3.76. The second-order valence-corrected chi connectivity index (χ2v) is 5.14. The largest absolute Gasteiger partial charge is 0.510 e. The van der Waals surface area contributed by atoms with Gasteiger partial charge in [-0.1, -0.05) is 35.9 Å². The summed E-state index contributed by atoms with van der Waals surface area (Å²) in [7, 11) is 1.50. The fourth-order valence-electron chi connectivity index (χ4n) is 2.43. The molecule has 4 heteroatoms. The topological polar surface area (TPSA) is 58.6 Å². The minimum absolute atomic E-state index is 0.0273. The number of hydrogen-bond acceptors (Lipinski definition) is 4.